The fraction of sp³-hybridized carbons (Fsp3) is 0.286. The van der Waals surface area contributed by atoms with Crippen molar-refractivity contribution in [3.63, 3.8) is 0 Å². The second-order valence-corrected chi connectivity index (χ2v) is 4.32. The van der Waals surface area contributed by atoms with Gasteiger partial charge in [-0.2, -0.15) is 0 Å². The van der Waals surface area contributed by atoms with Crippen LogP contribution in [0.15, 0.2) is 49.1 Å². The second kappa shape index (κ2) is 4.94. The van der Waals surface area contributed by atoms with Crippen LogP contribution in [0.4, 0.5) is 0 Å². The average Bonchev–Trinajstić information content (AvgIpc) is 2.27. The predicted octanol–water partition coefficient (Wildman–Crippen LogP) is 3.24. The zero-order valence-corrected chi connectivity index (χ0v) is 9.48. The fourth-order valence-corrected chi connectivity index (χ4v) is 1.16. The van der Waals surface area contributed by atoms with Crippen molar-refractivity contribution >= 4 is 6.08 Å². The van der Waals surface area contributed by atoms with Gasteiger partial charge in [-0.05, 0) is 5.56 Å². The summed E-state index contributed by atoms with van der Waals surface area (Å²) in [7, 11) is 0. The van der Waals surface area contributed by atoms with Gasteiger partial charge in [-0.3, -0.25) is 0 Å². The van der Waals surface area contributed by atoms with E-state index < -0.39 is 0 Å². The molecule has 80 valence electrons. The Labute approximate surface area is 92.3 Å². The van der Waals surface area contributed by atoms with Crippen molar-refractivity contribution in [3.05, 3.63) is 54.6 Å². The molecule has 1 aromatic rings. The molecule has 0 aliphatic carbocycles. The first-order valence-electron chi connectivity index (χ1n) is 5.18. The SMILES string of the molecule is C=CC(C)(C)[C@@H](N)/C=C/c1ccccc1. The Bertz CT molecular complexity index is 336. The smallest absolute Gasteiger partial charge is 0.0314 e. The summed E-state index contributed by atoms with van der Waals surface area (Å²) in [5.74, 6) is 0. The van der Waals surface area contributed by atoms with Gasteiger partial charge in [0.25, 0.3) is 0 Å². The van der Waals surface area contributed by atoms with Crippen molar-refractivity contribution in [3.8, 4) is 0 Å². The van der Waals surface area contributed by atoms with Crippen molar-refractivity contribution < 1.29 is 0 Å². The normalized spacial score (nSPS) is 14.1. The standard InChI is InChI=1S/C14H19N/c1-4-14(2,3)13(15)11-10-12-8-6-5-7-9-12/h4-11,13H,1,15H2,2-3H3/b11-10+/t13-/m0/s1. The lowest BCUT2D eigenvalue weighted by molar-refractivity contribution is 0.426. The molecule has 1 heteroatoms. The maximum absolute atomic E-state index is 6.05. The molecule has 0 aromatic heterocycles. The van der Waals surface area contributed by atoms with E-state index in [1.165, 1.54) is 5.56 Å². The quantitative estimate of drug-likeness (QED) is 0.744. The summed E-state index contributed by atoms with van der Waals surface area (Å²) >= 11 is 0. The highest BCUT2D eigenvalue weighted by molar-refractivity contribution is 5.49. The first-order chi connectivity index (χ1) is 7.06. The van der Waals surface area contributed by atoms with Crippen molar-refractivity contribution in [1.82, 2.24) is 0 Å². The lowest BCUT2D eigenvalue weighted by Crippen LogP contribution is -2.33. The topological polar surface area (TPSA) is 26.0 Å². The Morgan fingerprint density at radius 1 is 1.27 bits per heavy atom. The molecule has 0 unspecified atom stereocenters. The Kier molecular flexibility index (Phi) is 3.87. The molecule has 0 spiro atoms. The van der Waals surface area contributed by atoms with Gasteiger partial charge in [0.1, 0.15) is 0 Å². The van der Waals surface area contributed by atoms with Gasteiger partial charge in [-0.25, -0.2) is 0 Å². The second-order valence-electron chi connectivity index (χ2n) is 4.32. The molecular formula is C14H19N. The predicted molar refractivity (Wildman–Crippen MR) is 67.4 cm³/mol. The maximum atomic E-state index is 6.05. The van der Waals surface area contributed by atoms with Crippen LogP contribution < -0.4 is 5.73 Å². The molecule has 2 N–H and O–H groups in total. The van der Waals surface area contributed by atoms with Crippen LogP contribution >= 0.6 is 0 Å². The van der Waals surface area contributed by atoms with Gasteiger partial charge >= 0.3 is 0 Å². The van der Waals surface area contributed by atoms with E-state index in [-0.39, 0.29) is 11.5 Å². The van der Waals surface area contributed by atoms with Crippen molar-refractivity contribution in [1.29, 1.82) is 0 Å². The lowest BCUT2D eigenvalue weighted by atomic mass is 9.85. The molecule has 0 saturated carbocycles. The van der Waals surface area contributed by atoms with Crippen molar-refractivity contribution in [2.75, 3.05) is 0 Å². The molecule has 0 saturated heterocycles. The van der Waals surface area contributed by atoms with Gasteiger partial charge in [0.15, 0.2) is 0 Å². The van der Waals surface area contributed by atoms with Crippen LogP contribution in [0.25, 0.3) is 6.08 Å². The van der Waals surface area contributed by atoms with Crippen LogP contribution in [-0.4, -0.2) is 6.04 Å². The Morgan fingerprint density at radius 2 is 1.87 bits per heavy atom. The minimum absolute atomic E-state index is 0.00444. The van der Waals surface area contributed by atoms with Crippen LogP contribution in [0, 0.1) is 5.41 Å². The first kappa shape index (κ1) is 11.7. The monoisotopic (exact) mass is 201 g/mol. The van der Waals surface area contributed by atoms with E-state index in [0.717, 1.165) is 0 Å². The molecular weight excluding hydrogens is 182 g/mol. The first-order valence-corrected chi connectivity index (χ1v) is 5.18. The minimum atomic E-state index is -0.0642. The van der Waals surface area contributed by atoms with E-state index in [1.54, 1.807) is 0 Å². The summed E-state index contributed by atoms with van der Waals surface area (Å²) in [6, 6.07) is 10.2. The molecule has 0 fully saturated rings. The summed E-state index contributed by atoms with van der Waals surface area (Å²) in [5.41, 5.74) is 7.16. The highest BCUT2D eigenvalue weighted by atomic mass is 14.7. The van der Waals surface area contributed by atoms with E-state index in [9.17, 15) is 0 Å². The van der Waals surface area contributed by atoms with Gasteiger partial charge in [-0.1, -0.05) is 62.4 Å². The minimum Gasteiger partial charge on any atom is -0.324 e. The summed E-state index contributed by atoms with van der Waals surface area (Å²) < 4.78 is 0. The summed E-state index contributed by atoms with van der Waals surface area (Å²) in [4.78, 5) is 0. The molecule has 1 aromatic carbocycles. The van der Waals surface area contributed by atoms with Crippen LogP contribution in [-0.2, 0) is 0 Å². The molecule has 0 heterocycles. The molecule has 15 heavy (non-hydrogen) atoms. The van der Waals surface area contributed by atoms with Gasteiger partial charge in [0.05, 0.1) is 0 Å². The highest BCUT2D eigenvalue weighted by Gasteiger charge is 2.19. The van der Waals surface area contributed by atoms with Crippen molar-refractivity contribution in [2.24, 2.45) is 11.1 Å². The summed E-state index contributed by atoms with van der Waals surface area (Å²) in [5, 5.41) is 0. The van der Waals surface area contributed by atoms with E-state index >= 15 is 0 Å². The molecule has 0 radical (unpaired) electrons. The molecule has 1 rings (SSSR count). The van der Waals surface area contributed by atoms with Crippen LogP contribution in [0.2, 0.25) is 0 Å². The Morgan fingerprint density at radius 3 is 2.40 bits per heavy atom. The third-order valence-electron chi connectivity index (χ3n) is 2.68. The maximum Gasteiger partial charge on any atom is 0.0314 e. The highest BCUT2D eigenvalue weighted by Crippen LogP contribution is 2.21. The Hall–Kier alpha value is -1.34. The van der Waals surface area contributed by atoms with Crippen LogP contribution in [0.3, 0.4) is 0 Å². The van der Waals surface area contributed by atoms with Crippen LogP contribution in [0.1, 0.15) is 19.4 Å². The zero-order chi connectivity index (χ0) is 11.3. The third-order valence-corrected chi connectivity index (χ3v) is 2.68. The largest absolute Gasteiger partial charge is 0.324 e. The number of benzene rings is 1. The summed E-state index contributed by atoms with van der Waals surface area (Å²) in [6.45, 7) is 7.96. The average molecular weight is 201 g/mol. The van der Waals surface area contributed by atoms with Gasteiger partial charge < -0.3 is 5.73 Å². The molecule has 0 amide bonds. The Balaban J connectivity index is 2.70. The van der Waals surface area contributed by atoms with E-state index in [4.69, 9.17) is 5.73 Å². The third kappa shape index (κ3) is 3.37. The van der Waals surface area contributed by atoms with Crippen molar-refractivity contribution in [2.45, 2.75) is 19.9 Å². The summed E-state index contributed by atoms with van der Waals surface area (Å²) in [6.07, 6.45) is 5.97. The number of hydrogen-bond acceptors (Lipinski definition) is 1. The number of rotatable bonds is 4. The molecule has 1 nitrogen and oxygen atoms in total. The van der Waals surface area contributed by atoms with E-state index in [0.29, 0.717) is 0 Å². The van der Waals surface area contributed by atoms with Gasteiger partial charge in [0, 0.05) is 11.5 Å². The number of nitrogens with two attached hydrogens (primary N) is 1. The molecule has 0 aliphatic heterocycles. The molecule has 0 aliphatic rings. The van der Waals surface area contributed by atoms with E-state index in [2.05, 4.69) is 38.6 Å². The van der Waals surface area contributed by atoms with Gasteiger partial charge in [-0.15, -0.1) is 6.58 Å². The van der Waals surface area contributed by atoms with Crippen LogP contribution in [0.5, 0.6) is 0 Å². The number of hydrogen-bond donors (Lipinski definition) is 1. The lowest BCUT2D eigenvalue weighted by Gasteiger charge is -2.25. The fourth-order valence-electron chi connectivity index (χ4n) is 1.16. The molecule has 0 bridgehead atoms. The van der Waals surface area contributed by atoms with E-state index in [1.807, 2.05) is 30.4 Å². The molecule has 1 atom stereocenters. The van der Waals surface area contributed by atoms with Gasteiger partial charge in [0.2, 0.25) is 0 Å². The zero-order valence-electron chi connectivity index (χ0n) is 9.48.